The van der Waals surface area contributed by atoms with Crippen LogP contribution in [0.3, 0.4) is 0 Å². The average molecular weight is 348 g/mol. The molecule has 1 aromatic carbocycles. The zero-order chi connectivity index (χ0) is 16.9. The third-order valence-electron chi connectivity index (χ3n) is 4.57. The molecule has 7 heteroatoms. The van der Waals surface area contributed by atoms with Crippen molar-refractivity contribution in [2.24, 2.45) is 11.7 Å². The fourth-order valence-corrected chi connectivity index (χ4v) is 4.12. The Morgan fingerprint density at radius 3 is 2.79 bits per heavy atom. The molecule has 0 aliphatic carbocycles. The molecule has 2 amide bonds. The molecule has 2 aliphatic rings. The van der Waals surface area contributed by atoms with E-state index in [2.05, 4.69) is 15.5 Å². The van der Waals surface area contributed by atoms with Gasteiger partial charge in [-0.25, -0.2) is 0 Å². The van der Waals surface area contributed by atoms with E-state index in [0.717, 1.165) is 49.8 Å². The van der Waals surface area contributed by atoms with Crippen LogP contribution in [-0.4, -0.2) is 47.5 Å². The second-order valence-electron chi connectivity index (χ2n) is 6.43. The Balaban J connectivity index is 1.52. The summed E-state index contributed by atoms with van der Waals surface area (Å²) in [6, 6.07) is 7.82. The zero-order valence-corrected chi connectivity index (χ0v) is 14.5. The van der Waals surface area contributed by atoms with Gasteiger partial charge in [0.05, 0.1) is 12.0 Å². The number of carbonyl (C=O) groups excluding carboxylic acids is 2. The maximum Gasteiger partial charge on any atom is 0.242 e. The highest BCUT2D eigenvalue weighted by Crippen LogP contribution is 2.19. The Labute approximate surface area is 146 Å². The van der Waals surface area contributed by atoms with Gasteiger partial charge in [0.25, 0.3) is 0 Å². The van der Waals surface area contributed by atoms with Gasteiger partial charge < -0.3 is 11.1 Å². The molecule has 2 fully saturated rings. The van der Waals surface area contributed by atoms with E-state index in [1.807, 2.05) is 24.3 Å². The summed E-state index contributed by atoms with van der Waals surface area (Å²) in [5.41, 5.74) is 7.42. The van der Waals surface area contributed by atoms with Gasteiger partial charge in [-0.2, -0.15) is 0 Å². The molecule has 2 saturated heterocycles. The van der Waals surface area contributed by atoms with Crippen LogP contribution in [0.1, 0.15) is 18.4 Å². The molecule has 2 unspecified atom stereocenters. The van der Waals surface area contributed by atoms with E-state index in [1.54, 1.807) is 11.8 Å². The van der Waals surface area contributed by atoms with Crippen LogP contribution in [0.15, 0.2) is 24.3 Å². The van der Waals surface area contributed by atoms with Crippen molar-refractivity contribution in [1.82, 2.24) is 10.2 Å². The van der Waals surface area contributed by atoms with Crippen molar-refractivity contribution in [1.29, 1.82) is 0 Å². The zero-order valence-electron chi connectivity index (χ0n) is 13.7. The first-order valence-electron chi connectivity index (χ1n) is 8.34. The summed E-state index contributed by atoms with van der Waals surface area (Å²) in [7, 11) is 0. The number of thioether (sulfide) groups is 1. The summed E-state index contributed by atoms with van der Waals surface area (Å²) in [6.45, 7) is 2.53. The number of nitrogens with zero attached hydrogens (tertiary/aromatic N) is 1. The van der Waals surface area contributed by atoms with Crippen LogP contribution < -0.4 is 16.4 Å². The third-order valence-corrected chi connectivity index (χ3v) is 5.51. The summed E-state index contributed by atoms with van der Waals surface area (Å²) in [6.07, 6.45) is 1.90. The molecule has 2 aliphatic heterocycles. The van der Waals surface area contributed by atoms with Crippen LogP contribution in [0.25, 0.3) is 0 Å². The van der Waals surface area contributed by atoms with Gasteiger partial charge in [0.15, 0.2) is 0 Å². The van der Waals surface area contributed by atoms with Crippen LogP contribution >= 0.6 is 11.8 Å². The minimum absolute atomic E-state index is 0.0214. The van der Waals surface area contributed by atoms with E-state index in [9.17, 15) is 9.59 Å². The Morgan fingerprint density at radius 2 is 2.12 bits per heavy atom. The molecular weight excluding hydrogens is 324 g/mol. The highest BCUT2D eigenvalue weighted by Gasteiger charge is 2.24. The second kappa shape index (κ2) is 8.00. The van der Waals surface area contributed by atoms with Gasteiger partial charge in [0, 0.05) is 30.4 Å². The number of carbonyl (C=O) groups is 2. The van der Waals surface area contributed by atoms with Gasteiger partial charge in [-0.3, -0.25) is 19.8 Å². The topological polar surface area (TPSA) is 87.5 Å². The van der Waals surface area contributed by atoms with Crippen molar-refractivity contribution in [2.45, 2.75) is 25.4 Å². The highest BCUT2D eigenvalue weighted by atomic mass is 32.2. The lowest BCUT2D eigenvalue weighted by Gasteiger charge is -2.31. The van der Waals surface area contributed by atoms with Crippen LogP contribution in [0, 0.1) is 5.92 Å². The molecule has 0 aromatic heterocycles. The Kier molecular flexibility index (Phi) is 5.76. The van der Waals surface area contributed by atoms with Gasteiger partial charge in [-0.15, -0.1) is 11.8 Å². The standard InChI is InChI=1S/C17H24N4O2S/c18-16(22)13-2-1-7-21(9-13)8-12-3-5-14(6-4-12)20-17(23)15-10-24-11-19-15/h3-6,13,15,19H,1-2,7-11H2,(H2,18,22)(H,20,23). The fourth-order valence-electron chi connectivity index (χ4n) is 3.18. The predicted molar refractivity (Wildman–Crippen MR) is 96.5 cm³/mol. The summed E-state index contributed by atoms with van der Waals surface area (Å²) >= 11 is 1.73. The van der Waals surface area contributed by atoms with E-state index in [0.29, 0.717) is 0 Å². The maximum absolute atomic E-state index is 12.1. The average Bonchev–Trinajstić information content (AvgIpc) is 3.11. The molecule has 24 heavy (non-hydrogen) atoms. The number of likely N-dealkylation sites (tertiary alicyclic amines) is 1. The SMILES string of the molecule is NC(=O)C1CCCN(Cc2ccc(NC(=O)C3CSCN3)cc2)C1. The number of hydrogen-bond acceptors (Lipinski definition) is 5. The largest absolute Gasteiger partial charge is 0.369 e. The van der Waals surface area contributed by atoms with Crippen molar-refractivity contribution in [3.63, 3.8) is 0 Å². The molecule has 0 radical (unpaired) electrons. The van der Waals surface area contributed by atoms with Crippen molar-refractivity contribution >= 4 is 29.3 Å². The molecule has 130 valence electrons. The number of nitrogens with one attached hydrogen (secondary N) is 2. The second-order valence-corrected chi connectivity index (χ2v) is 7.46. The van der Waals surface area contributed by atoms with E-state index in [-0.39, 0.29) is 23.8 Å². The van der Waals surface area contributed by atoms with Crippen molar-refractivity contribution in [2.75, 3.05) is 30.0 Å². The number of anilines is 1. The molecule has 4 N–H and O–H groups in total. The number of rotatable bonds is 5. The van der Waals surface area contributed by atoms with Crippen LogP contribution in [0.2, 0.25) is 0 Å². The Morgan fingerprint density at radius 1 is 1.33 bits per heavy atom. The van der Waals surface area contributed by atoms with Crippen molar-refractivity contribution < 1.29 is 9.59 Å². The minimum atomic E-state index is -0.198. The first-order chi connectivity index (χ1) is 11.6. The minimum Gasteiger partial charge on any atom is -0.369 e. The van der Waals surface area contributed by atoms with Gasteiger partial charge in [-0.1, -0.05) is 12.1 Å². The van der Waals surface area contributed by atoms with E-state index in [4.69, 9.17) is 5.73 Å². The van der Waals surface area contributed by atoms with Gasteiger partial charge in [0.1, 0.15) is 0 Å². The quantitative estimate of drug-likeness (QED) is 0.738. The van der Waals surface area contributed by atoms with Crippen LogP contribution in [0.5, 0.6) is 0 Å². The number of benzene rings is 1. The molecule has 0 saturated carbocycles. The number of primary amides is 1. The fraction of sp³-hybridized carbons (Fsp3) is 0.529. The summed E-state index contributed by atoms with van der Waals surface area (Å²) in [5, 5.41) is 6.11. The molecule has 3 rings (SSSR count). The van der Waals surface area contributed by atoms with Crippen molar-refractivity contribution in [3.8, 4) is 0 Å². The van der Waals surface area contributed by atoms with Crippen LogP contribution in [-0.2, 0) is 16.1 Å². The number of hydrogen-bond donors (Lipinski definition) is 3. The lowest BCUT2D eigenvalue weighted by atomic mass is 9.97. The molecule has 6 nitrogen and oxygen atoms in total. The smallest absolute Gasteiger partial charge is 0.242 e. The lowest BCUT2D eigenvalue weighted by Crippen LogP contribution is -2.40. The van der Waals surface area contributed by atoms with Gasteiger partial charge >= 0.3 is 0 Å². The van der Waals surface area contributed by atoms with Gasteiger partial charge in [0.2, 0.25) is 11.8 Å². The monoisotopic (exact) mass is 348 g/mol. The van der Waals surface area contributed by atoms with E-state index >= 15 is 0 Å². The maximum atomic E-state index is 12.1. The Hall–Kier alpha value is -1.57. The first-order valence-corrected chi connectivity index (χ1v) is 9.50. The summed E-state index contributed by atoms with van der Waals surface area (Å²) < 4.78 is 0. The number of amides is 2. The molecule has 2 atom stereocenters. The normalized spacial score (nSPS) is 24.7. The molecule has 0 spiro atoms. The van der Waals surface area contributed by atoms with Crippen LogP contribution in [0.4, 0.5) is 5.69 Å². The third kappa shape index (κ3) is 4.49. The van der Waals surface area contributed by atoms with E-state index < -0.39 is 0 Å². The molecule has 0 bridgehead atoms. The summed E-state index contributed by atoms with van der Waals surface area (Å²) in [5.74, 6) is 1.44. The lowest BCUT2D eigenvalue weighted by molar-refractivity contribution is -0.123. The molecule has 1 aromatic rings. The molecule has 2 heterocycles. The highest BCUT2D eigenvalue weighted by molar-refractivity contribution is 7.99. The van der Waals surface area contributed by atoms with Gasteiger partial charge in [-0.05, 0) is 37.1 Å². The number of piperidine rings is 1. The summed E-state index contributed by atoms with van der Waals surface area (Å²) in [4.78, 5) is 25.7. The molecular formula is C17H24N4O2S. The van der Waals surface area contributed by atoms with E-state index in [1.165, 1.54) is 5.56 Å². The predicted octanol–water partition coefficient (Wildman–Crippen LogP) is 0.985. The number of nitrogens with two attached hydrogens (primary N) is 1. The van der Waals surface area contributed by atoms with Crippen molar-refractivity contribution in [3.05, 3.63) is 29.8 Å². The Bertz CT molecular complexity index is 587. The first kappa shape index (κ1) is 17.3.